The number of fused-ring (bicyclic) bond motifs is 1. The Kier molecular flexibility index (Phi) is 2.30. The molecule has 0 atom stereocenters. The maximum Gasteiger partial charge on any atom is 0.291 e. The van der Waals surface area contributed by atoms with E-state index in [0.29, 0.717) is 22.9 Å². The van der Waals surface area contributed by atoms with E-state index in [0.717, 1.165) is 0 Å². The topological polar surface area (TPSA) is 77.5 Å². The van der Waals surface area contributed by atoms with E-state index in [2.05, 4.69) is 5.32 Å². The number of carbonyl (C=O) groups is 1. The molecule has 5 nitrogen and oxygen atoms in total. The number of hydrogen-bond acceptors (Lipinski definition) is 4. The van der Waals surface area contributed by atoms with Gasteiger partial charge >= 0.3 is 0 Å². The largest absolute Gasteiger partial charge is 0.465 e. The van der Waals surface area contributed by atoms with E-state index in [1.807, 2.05) is 0 Å². The SMILES string of the molecule is Nc1ccc2c(c1)O/C(=C/c1ccco1)C(=O)N2. The molecule has 90 valence electrons. The number of anilines is 2. The summed E-state index contributed by atoms with van der Waals surface area (Å²) in [4.78, 5) is 11.8. The van der Waals surface area contributed by atoms with Gasteiger partial charge in [0.15, 0.2) is 11.5 Å². The van der Waals surface area contributed by atoms with E-state index in [9.17, 15) is 4.79 Å². The predicted octanol–water partition coefficient (Wildman–Crippen LogP) is 2.23. The molecule has 0 radical (unpaired) electrons. The highest BCUT2D eigenvalue weighted by Crippen LogP contribution is 2.33. The number of benzene rings is 1. The third-order valence-electron chi connectivity index (χ3n) is 2.51. The molecule has 0 saturated carbocycles. The van der Waals surface area contributed by atoms with Crippen LogP contribution in [0.4, 0.5) is 11.4 Å². The minimum absolute atomic E-state index is 0.169. The number of rotatable bonds is 1. The molecule has 0 unspecified atom stereocenters. The molecule has 0 saturated heterocycles. The second-order valence-electron chi connectivity index (χ2n) is 3.84. The molecule has 2 heterocycles. The van der Waals surface area contributed by atoms with Gasteiger partial charge in [0.1, 0.15) is 5.76 Å². The van der Waals surface area contributed by atoms with Crippen LogP contribution in [0.25, 0.3) is 6.08 Å². The molecule has 0 spiro atoms. The van der Waals surface area contributed by atoms with Crippen molar-refractivity contribution < 1.29 is 13.9 Å². The Balaban J connectivity index is 1.98. The van der Waals surface area contributed by atoms with Crippen molar-refractivity contribution in [3.63, 3.8) is 0 Å². The van der Waals surface area contributed by atoms with Crippen molar-refractivity contribution in [2.75, 3.05) is 11.1 Å². The molecule has 18 heavy (non-hydrogen) atoms. The minimum atomic E-state index is -0.316. The first-order valence-corrected chi connectivity index (χ1v) is 5.36. The number of hydrogen-bond donors (Lipinski definition) is 2. The lowest BCUT2D eigenvalue weighted by Crippen LogP contribution is -2.23. The molecule has 1 amide bonds. The van der Waals surface area contributed by atoms with Gasteiger partial charge in [-0.3, -0.25) is 4.79 Å². The van der Waals surface area contributed by atoms with Gasteiger partial charge in [-0.2, -0.15) is 0 Å². The van der Waals surface area contributed by atoms with Crippen LogP contribution >= 0.6 is 0 Å². The van der Waals surface area contributed by atoms with Gasteiger partial charge < -0.3 is 20.2 Å². The third-order valence-corrected chi connectivity index (χ3v) is 2.51. The quantitative estimate of drug-likeness (QED) is 0.593. The molecule has 1 aromatic heterocycles. The summed E-state index contributed by atoms with van der Waals surface area (Å²) in [5.41, 5.74) is 6.84. The van der Waals surface area contributed by atoms with Crippen LogP contribution < -0.4 is 15.8 Å². The average molecular weight is 242 g/mol. The monoisotopic (exact) mass is 242 g/mol. The van der Waals surface area contributed by atoms with Crippen molar-refractivity contribution in [3.8, 4) is 5.75 Å². The Bertz CT molecular complexity index is 630. The number of nitrogen functional groups attached to an aromatic ring is 1. The number of nitrogens with one attached hydrogen (secondary N) is 1. The second kappa shape index (κ2) is 3.96. The normalized spacial score (nSPS) is 16.0. The zero-order valence-electron chi connectivity index (χ0n) is 9.34. The minimum Gasteiger partial charge on any atom is -0.465 e. The summed E-state index contributed by atoms with van der Waals surface area (Å²) in [6.45, 7) is 0. The van der Waals surface area contributed by atoms with Gasteiger partial charge in [0, 0.05) is 17.8 Å². The van der Waals surface area contributed by atoms with Crippen LogP contribution in [0.2, 0.25) is 0 Å². The standard InChI is InChI=1S/C13H10N2O3/c14-8-3-4-10-11(6-8)18-12(13(16)15-10)7-9-2-1-5-17-9/h1-7H,14H2,(H,15,16)/b12-7+. The van der Waals surface area contributed by atoms with Crippen molar-refractivity contribution in [1.82, 2.24) is 0 Å². The van der Waals surface area contributed by atoms with Gasteiger partial charge in [-0.25, -0.2) is 0 Å². The van der Waals surface area contributed by atoms with Gasteiger partial charge in [-0.15, -0.1) is 0 Å². The van der Waals surface area contributed by atoms with Crippen LogP contribution in [-0.4, -0.2) is 5.91 Å². The van der Waals surface area contributed by atoms with Crippen LogP contribution in [0.5, 0.6) is 5.75 Å². The fraction of sp³-hybridized carbons (Fsp3) is 0. The fourth-order valence-corrected chi connectivity index (χ4v) is 1.67. The van der Waals surface area contributed by atoms with Gasteiger partial charge in [-0.05, 0) is 24.3 Å². The summed E-state index contributed by atoms with van der Waals surface area (Å²) in [6, 6.07) is 8.53. The number of furan rings is 1. The molecule has 3 rings (SSSR count). The Labute approximate surface area is 103 Å². The summed E-state index contributed by atoms with van der Waals surface area (Å²) in [6.07, 6.45) is 3.06. The molecule has 1 aromatic carbocycles. The Morgan fingerprint density at radius 3 is 2.94 bits per heavy atom. The fourth-order valence-electron chi connectivity index (χ4n) is 1.67. The van der Waals surface area contributed by atoms with E-state index in [1.165, 1.54) is 12.3 Å². The molecule has 2 aromatic rings. The second-order valence-corrected chi connectivity index (χ2v) is 3.84. The predicted molar refractivity (Wildman–Crippen MR) is 66.8 cm³/mol. The zero-order valence-corrected chi connectivity index (χ0v) is 9.34. The van der Waals surface area contributed by atoms with E-state index >= 15 is 0 Å². The van der Waals surface area contributed by atoms with Crippen LogP contribution in [0.1, 0.15) is 5.76 Å². The van der Waals surface area contributed by atoms with Crippen LogP contribution in [0, 0.1) is 0 Å². The highest BCUT2D eigenvalue weighted by molar-refractivity contribution is 6.08. The third kappa shape index (κ3) is 1.82. The van der Waals surface area contributed by atoms with Crippen molar-refractivity contribution in [2.45, 2.75) is 0 Å². The summed E-state index contributed by atoms with van der Waals surface area (Å²) < 4.78 is 10.6. The van der Waals surface area contributed by atoms with Gasteiger partial charge in [-0.1, -0.05) is 0 Å². The average Bonchev–Trinajstić information content (AvgIpc) is 2.83. The summed E-state index contributed by atoms with van der Waals surface area (Å²) >= 11 is 0. The molecule has 0 bridgehead atoms. The molecule has 0 aliphatic carbocycles. The van der Waals surface area contributed by atoms with Gasteiger partial charge in [0.25, 0.3) is 5.91 Å². The van der Waals surface area contributed by atoms with Crippen molar-refractivity contribution >= 4 is 23.4 Å². The van der Waals surface area contributed by atoms with E-state index in [-0.39, 0.29) is 11.7 Å². The maximum absolute atomic E-state index is 11.8. The summed E-state index contributed by atoms with van der Waals surface area (Å²) in [5, 5.41) is 2.72. The van der Waals surface area contributed by atoms with Crippen molar-refractivity contribution in [2.24, 2.45) is 0 Å². The lowest BCUT2D eigenvalue weighted by Gasteiger charge is -2.19. The van der Waals surface area contributed by atoms with E-state index in [4.69, 9.17) is 14.9 Å². The summed E-state index contributed by atoms with van der Waals surface area (Å²) in [7, 11) is 0. The highest BCUT2D eigenvalue weighted by atomic mass is 16.5. The lowest BCUT2D eigenvalue weighted by atomic mass is 10.2. The van der Waals surface area contributed by atoms with Crippen LogP contribution in [-0.2, 0) is 4.79 Å². The summed E-state index contributed by atoms with van der Waals surface area (Å²) in [5.74, 6) is 0.923. The Hall–Kier alpha value is -2.69. The smallest absolute Gasteiger partial charge is 0.291 e. The molecular weight excluding hydrogens is 232 g/mol. The maximum atomic E-state index is 11.8. The first-order valence-electron chi connectivity index (χ1n) is 5.36. The molecule has 5 heteroatoms. The molecule has 1 aliphatic heterocycles. The van der Waals surface area contributed by atoms with Crippen molar-refractivity contribution in [3.05, 3.63) is 48.1 Å². The molecule has 0 fully saturated rings. The van der Waals surface area contributed by atoms with E-state index < -0.39 is 0 Å². The Morgan fingerprint density at radius 2 is 2.17 bits per heavy atom. The number of amides is 1. The van der Waals surface area contributed by atoms with Gasteiger partial charge in [0.2, 0.25) is 0 Å². The lowest BCUT2D eigenvalue weighted by molar-refractivity contribution is -0.115. The zero-order chi connectivity index (χ0) is 12.5. The molecule has 1 aliphatic rings. The van der Waals surface area contributed by atoms with Crippen LogP contribution in [0.15, 0.2) is 46.8 Å². The van der Waals surface area contributed by atoms with E-state index in [1.54, 1.807) is 30.3 Å². The number of ether oxygens (including phenoxy) is 1. The highest BCUT2D eigenvalue weighted by Gasteiger charge is 2.22. The number of carbonyl (C=O) groups excluding carboxylic acids is 1. The number of nitrogens with two attached hydrogens (primary N) is 1. The molecular formula is C13H10N2O3. The Morgan fingerprint density at radius 1 is 1.28 bits per heavy atom. The molecule has 3 N–H and O–H groups in total. The van der Waals surface area contributed by atoms with Crippen molar-refractivity contribution in [1.29, 1.82) is 0 Å². The van der Waals surface area contributed by atoms with Crippen LogP contribution in [0.3, 0.4) is 0 Å². The first-order chi connectivity index (χ1) is 8.72. The first kappa shape index (κ1) is 10.5. The van der Waals surface area contributed by atoms with Gasteiger partial charge in [0.05, 0.1) is 12.0 Å².